The maximum atomic E-state index is 12.0. The molecular weight excluding hydrogens is 244 g/mol. The topological polar surface area (TPSA) is 91.4 Å². The van der Waals surface area contributed by atoms with E-state index in [1.807, 2.05) is 6.07 Å². The van der Waals surface area contributed by atoms with Gasteiger partial charge in [0.1, 0.15) is 0 Å². The number of nitrogens with one attached hydrogen (secondary N) is 1. The summed E-state index contributed by atoms with van der Waals surface area (Å²) in [6.07, 6.45) is 0.286. The molecular formula is C13H18N4O2. The lowest BCUT2D eigenvalue weighted by Gasteiger charge is -2.21. The highest BCUT2D eigenvalue weighted by Gasteiger charge is 2.12. The second-order valence-corrected chi connectivity index (χ2v) is 3.94. The van der Waals surface area contributed by atoms with Crippen LogP contribution in [0.4, 0.5) is 16.2 Å². The van der Waals surface area contributed by atoms with Gasteiger partial charge in [0, 0.05) is 31.6 Å². The van der Waals surface area contributed by atoms with Gasteiger partial charge in [-0.3, -0.25) is 0 Å². The van der Waals surface area contributed by atoms with E-state index in [9.17, 15) is 4.79 Å². The smallest absolute Gasteiger partial charge is 0.321 e. The van der Waals surface area contributed by atoms with Crippen LogP contribution in [0.2, 0.25) is 0 Å². The van der Waals surface area contributed by atoms with Crippen LogP contribution in [0.1, 0.15) is 6.42 Å². The highest BCUT2D eigenvalue weighted by molar-refractivity contribution is 5.89. The molecule has 102 valence electrons. The fourth-order valence-corrected chi connectivity index (χ4v) is 1.52. The first-order valence-electron chi connectivity index (χ1n) is 5.94. The van der Waals surface area contributed by atoms with Crippen LogP contribution < -0.4 is 11.1 Å². The molecule has 0 aliphatic heterocycles. The summed E-state index contributed by atoms with van der Waals surface area (Å²) in [7, 11) is 1.57. The molecule has 0 aromatic heterocycles. The minimum absolute atomic E-state index is 0.266. The van der Waals surface area contributed by atoms with Gasteiger partial charge in [-0.2, -0.15) is 5.26 Å². The van der Waals surface area contributed by atoms with Gasteiger partial charge in [0.25, 0.3) is 0 Å². The summed E-state index contributed by atoms with van der Waals surface area (Å²) in [6.45, 7) is 1.23. The van der Waals surface area contributed by atoms with Crippen molar-refractivity contribution in [3.05, 3.63) is 24.3 Å². The largest absolute Gasteiger partial charge is 0.399 e. The van der Waals surface area contributed by atoms with Crippen LogP contribution in [0.15, 0.2) is 24.3 Å². The van der Waals surface area contributed by atoms with Gasteiger partial charge < -0.3 is 20.7 Å². The van der Waals surface area contributed by atoms with E-state index >= 15 is 0 Å². The summed E-state index contributed by atoms with van der Waals surface area (Å²) in [6, 6.07) is 8.70. The second kappa shape index (κ2) is 7.95. The van der Waals surface area contributed by atoms with Gasteiger partial charge in [-0.25, -0.2) is 4.79 Å². The molecule has 0 saturated heterocycles. The number of hydrogen-bond donors (Lipinski definition) is 2. The summed E-state index contributed by atoms with van der Waals surface area (Å²) in [5.74, 6) is 0. The van der Waals surface area contributed by atoms with Crippen LogP contribution in [-0.2, 0) is 4.74 Å². The quantitative estimate of drug-likeness (QED) is 0.763. The third-order valence-electron chi connectivity index (χ3n) is 2.48. The number of carbonyl (C=O) groups is 1. The molecule has 0 aliphatic carbocycles. The van der Waals surface area contributed by atoms with Crippen molar-refractivity contribution in [1.82, 2.24) is 4.90 Å². The van der Waals surface area contributed by atoms with Gasteiger partial charge in [0.2, 0.25) is 0 Å². The molecule has 19 heavy (non-hydrogen) atoms. The number of anilines is 2. The number of hydrogen-bond acceptors (Lipinski definition) is 4. The van der Waals surface area contributed by atoms with E-state index in [0.717, 1.165) is 0 Å². The molecule has 1 aromatic carbocycles. The molecule has 0 spiro atoms. The van der Waals surface area contributed by atoms with E-state index < -0.39 is 0 Å². The number of amides is 2. The Balaban J connectivity index is 2.62. The molecule has 0 unspecified atom stereocenters. The van der Waals surface area contributed by atoms with E-state index in [4.69, 9.17) is 15.7 Å². The molecule has 2 amide bonds. The van der Waals surface area contributed by atoms with Crippen LogP contribution in [0.5, 0.6) is 0 Å². The van der Waals surface area contributed by atoms with Gasteiger partial charge in [0.05, 0.1) is 19.1 Å². The lowest BCUT2D eigenvalue weighted by molar-refractivity contribution is 0.156. The Kier molecular flexibility index (Phi) is 6.19. The molecule has 0 aliphatic rings. The Bertz CT molecular complexity index is 456. The van der Waals surface area contributed by atoms with E-state index in [0.29, 0.717) is 31.1 Å². The normalized spacial score (nSPS) is 9.68. The minimum atomic E-state index is -0.266. The number of benzene rings is 1. The van der Waals surface area contributed by atoms with E-state index in [1.54, 1.807) is 31.4 Å². The summed E-state index contributed by atoms with van der Waals surface area (Å²) in [5, 5.41) is 11.3. The van der Waals surface area contributed by atoms with Crippen LogP contribution in [0.25, 0.3) is 0 Å². The third kappa shape index (κ3) is 5.27. The van der Waals surface area contributed by atoms with Gasteiger partial charge in [-0.15, -0.1) is 0 Å². The molecule has 0 fully saturated rings. The maximum absolute atomic E-state index is 12.0. The summed E-state index contributed by atoms with van der Waals surface area (Å²) in [4.78, 5) is 13.6. The molecule has 1 rings (SSSR count). The first-order valence-corrected chi connectivity index (χ1v) is 5.94. The summed E-state index contributed by atoms with van der Waals surface area (Å²) in [5.41, 5.74) is 6.85. The summed E-state index contributed by atoms with van der Waals surface area (Å²) < 4.78 is 4.95. The number of methoxy groups -OCH3 is 1. The van der Waals surface area contributed by atoms with Crippen molar-refractivity contribution in [1.29, 1.82) is 5.26 Å². The van der Waals surface area contributed by atoms with Crippen molar-refractivity contribution in [2.45, 2.75) is 6.42 Å². The number of nitrogens with two attached hydrogens (primary N) is 1. The molecule has 3 N–H and O–H groups in total. The average molecular weight is 262 g/mol. The van der Waals surface area contributed by atoms with Crippen LogP contribution in [-0.4, -0.2) is 37.7 Å². The zero-order valence-electron chi connectivity index (χ0n) is 10.9. The SMILES string of the molecule is COCCN(CCC#N)C(=O)Nc1cccc(N)c1. The number of carbonyl (C=O) groups excluding carboxylic acids is 1. The Morgan fingerprint density at radius 2 is 2.32 bits per heavy atom. The third-order valence-corrected chi connectivity index (χ3v) is 2.48. The standard InChI is InChI=1S/C13H18N4O2/c1-19-9-8-17(7-3-6-14)13(18)16-12-5-2-4-11(15)10-12/h2,4-5,10H,3,7-9,15H2,1H3,(H,16,18). The van der Waals surface area contributed by atoms with Crippen molar-refractivity contribution in [3.63, 3.8) is 0 Å². The Morgan fingerprint density at radius 1 is 1.53 bits per heavy atom. The van der Waals surface area contributed by atoms with Crippen LogP contribution >= 0.6 is 0 Å². The van der Waals surface area contributed by atoms with Crippen molar-refractivity contribution in [2.75, 3.05) is 37.9 Å². The number of nitrogens with zero attached hydrogens (tertiary/aromatic N) is 2. The van der Waals surface area contributed by atoms with E-state index in [1.165, 1.54) is 4.90 Å². The zero-order chi connectivity index (χ0) is 14.1. The number of urea groups is 1. The van der Waals surface area contributed by atoms with Crippen molar-refractivity contribution >= 4 is 17.4 Å². The van der Waals surface area contributed by atoms with Gasteiger partial charge in [-0.05, 0) is 18.2 Å². The van der Waals surface area contributed by atoms with Crippen LogP contribution in [0, 0.1) is 11.3 Å². The second-order valence-electron chi connectivity index (χ2n) is 3.94. The maximum Gasteiger partial charge on any atom is 0.321 e. The first-order chi connectivity index (χ1) is 9.17. The number of nitrogen functional groups attached to an aromatic ring is 1. The fourth-order valence-electron chi connectivity index (χ4n) is 1.52. The number of ether oxygens (including phenoxy) is 1. The monoisotopic (exact) mass is 262 g/mol. The van der Waals surface area contributed by atoms with E-state index in [-0.39, 0.29) is 12.5 Å². The predicted octanol–water partition coefficient (Wildman–Crippen LogP) is 1.66. The highest BCUT2D eigenvalue weighted by atomic mass is 16.5. The summed E-state index contributed by atoms with van der Waals surface area (Å²) >= 11 is 0. The number of rotatable bonds is 6. The van der Waals surface area contributed by atoms with Crippen molar-refractivity contribution in [2.24, 2.45) is 0 Å². The highest BCUT2D eigenvalue weighted by Crippen LogP contribution is 2.12. The molecule has 1 aromatic rings. The molecule has 0 heterocycles. The molecule has 0 bridgehead atoms. The van der Waals surface area contributed by atoms with Crippen molar-refractivity contribution < 1.29 is 9.53 Å². The molecule has 0 saturated carbocycles. The van der Waals surface area contributed by atoms with Gasteiger partial charge in [-0.1, -0.05) is 6.07 Å². The van der Waals surface area contributed by atoms with Gasteiger partial charge >= 0.3 is 6.03 Å². The fraction of sp³-hybridized carbons (Fsp3) is 0.385. The van der Waals surface area contributed by atoms with E-state index in [2.05, 4.69) is 5.32 Å². The zero-order valence-corrected chi connectivity index (χ0v) is 10.9. The Labute approximate surface area is 112 Å². The lowest BCUT2D eigenvalue weighted by atomic mass is 10.3. The lowest BCUT2D eigenvalue weighted by Crippen LogP contribution is -2.38. The predicted molar refractivity (Wildman–Crippen MR) is 73.6 cm³/mol. The van der Waals surface area contributed by atoms with Crippen molar-refractivity contribution in [3.8, 4) is 6.07 Å². The Hall–Kier alpha value is -2.26. The first kappa shape index (κ1) is 14.8. The molecule has 6 nitrogen and oxygen atoms in total. The van der Waals surface area contributed by atoms with Crippen LogP contribution in [0.3, 0.4) is 0 Å². The number of nitriles is 1. The Morgan fingerprint density at radius 3 is 2.95 bits per heavy atom. The van der Waals surface area contributed by atoms with Gasteiger partial charge in [0.15, 0.2) is 0 Å². The molecule has 0 atom stereocenters. The molecule has 6 heteroatoms. The molecule has 0 radical (unpaired) electrons. The average Bonchev–Trinajstić information content (AvgIpc) is 2.38. The minimum Gasteiger partial charge on any atom is -0.399 e.